The number of hydrogen-bond donors (Lipinski definition) is 0. The van der Waals surface area contributed by atoms with Crippen LogP contribution in [0.2, 0.25) is 4.34 Å². The first-order valence-corrected chi connectivity index (χ1v) is 7.77. The average molecular weight is 323 g/mol. The second kappa shape index (κ2) is 5.65. The van der Waals surface area contributed by atoms with Crippen LogP contribution in [0, 0.1) is 0 Å². The third-order valence-corrected chi connectivity index (χ3v) is 5.12. The molecular formula is C16H12Cl2OS. The number of benzene rings is 2. The fourth-order valence-electron chi connectivity index (χ4n) is 2.16. The van der Waals surface area contributed by atoms with Crippen LogP contribution in [-0.4, -0.2) is 7.11 Å². The van der Waals surface area contributed by atoms with Crippen LogP contribution in [0.25, 0.3) is 10.8 Å². The maximum atomic E-state index is 6.53. The van der Waals surface area contributed by atoms with Crippen LogP contribution in [0.5, 0.6) is 5.75 Å². The summed E-state index contributed by atoms with van der Waals surface area (Å²) in [5.74, 6) is 0.859. The minimum Gasteiger partial charge on any atom is -0.497 e. The Bertz CT molecular complexity index is 751. The monoisotopic (exact) mass is 322 g/mol. The minimum atomic E-state index is -0.168. The van der Waals surface area contributed by atoms with Crippen LogP contribution >= 0.6 is 34.5 Å². The Morgan fingerprint density at radius 1 is 1.00 bits per heavy atom. The van der Waals surface area contributed by atoms with E-state index in [-0.39, 0.29) is 5.38 Å². The minimum absolute atomic E-state index is 0.168. The summed E-state index contributed by atoms with van der Waals surface area (Å²) in [4.78, 5) is 1.06. The summed E-state index contributed by atoms with van der Waals surface area (Å²) in [6, 6.07) is 16.1. The zero-order valence-electron chi connectivity index (χ0n) is 10.8. The quantitative estimate of drug-likeness (QED) is 0.546. The molecule has 0 aliphatic rings. The maximum Gasteiger partial charge on any atom is 0.119 e. The van der Waals surface area contributed by atoms with E-state index in [9.17, 15) is 0 Å². The highest BCUT2D eigenvalue weighted by Crippen LogP contribution is 2.36. The SMILES string of the molecule is COc1ccc2cc(C(Cl)c3ccc(Cl)s3)ccc2c1. The zero-order valence-corrected chi connectivity index (χ0v) is 13.1. The van der Waals surface area contributed by atoms with Gasteiger partial charge in [-0.1, -0.05) is 29.8 Å². The molecule has 0 saturated carbocycles. The highest BCUT2D eigenvalue weighted by atomic mass is 35.5. The van der Waals surface area contributed by atoms with Gasteiger partial charge < -0.3 is 4.74 Å². The van der Waals surface area contributed by atoms with Crippen molar-refractivity contribution in [1.82, 2.24) is 0 Å². The van der Waals surface area contributed by atoms with E-state index in [1.807, 2.05) is 36.4 Å². The molecule has 4 heteroatoms. The van der Waals surface area contributed by atoms with E-state index < -0.39 is 0 Å². The third-order valence-electron chi connectivity index (χ3n) is 3.21. The first-order valence-electron chi connectivity index (χ1n) is 6.14. The first kappa shape index (κ1) is 13.7. The second-order valence-corrected chi connectivity index (χ2v) is 6.66. The molecule has 0 fully saturated rings. The van der Waals surface area contributed by atoms with Gasteiger partial charge in [-0.3, -0.25) is 0 Å². The van der Waals surface area contributed by atoms with Crippen molar-refractivity contribution in [2.45, 2.75) is 5.38 Å². The topological polar surface area (TPSA) is 9.23 Å². The van der Waals surface area contributed by atoms with E-state index >= 15 is 0 Å². The van der Waals surface area contributed by atoms with Gasteiger partial charge in [-0.05, 0) is 46.7 Å². The molecule has 0 aliphatic heterocycles. The molecule has 0 N–H and O–H groups in total. The third kappa shape index (κ3) is 2.64. The van der Waals surface area contributed by atoms with Crippen molar-refractivity contribution in [3.63, 3.8) is 0 Å². The normalized spacial score (nSPS) is 12.6. The zero-order chi connectivity index (χ0) is 14.1. The predicted octanol–water partition coefficient (Wildman–Crippen LogP) is 5.89. The van der Waals surface area contributed by atoms with Crippen LogP contribution in [0.15, 0.2) is 48.5 Å². The Morgan fingerprint density at radius 2 is 1.75 bits per heavy atom. The van der Waals surface area contributed by atoms with E-state index in [1.54, 1.807) is 7.11 Å². The lowest BCUT2D eigenvalue weighted by Gasteiger charge is -2.10. The average Bonchev–Trinajstić information content (AvgIpc) is 2.92. The van der Waals surface area contributed by atoms with E-state index in [0.29, 0.717) is 0 Å². The van der Waals surface area contributed by atoms with Gasteiger partial charge in [-0.2, -0.15) is 0 Å². The summed E-state index contributed by atoms with van der Waals surface area (Å²) in [5, 5.41) is 2.12. The summed E-state index contributed by atoms with van der Waals surface area (Å²) in [5.41, 5.74) is 1.07. The van der Waals surface area contributed by atoms with Crippen molar-refractivity contribution in [3.05, 3.63) is 63.3 Å². The van der Waals surface area contributed by atoms with Gasteiger partial charge in [0.25, 0.3) is 0 Å². The molecule has 0 bridgehead atoms. The standard InChI is InChI=1S/C16H12Cl2OS/c1-19-13-5-4-10-8-12(3-2-11(10)9-13)16(18)14-6-7-15(17)20-14/h2-9,16H,1H3. The number of rotatable bonds is 3. The Hall–Kier alpha value is -1.22. The van der Waals surface area contributed by atoms with Crippen molar-refractivity contribution in [3.8, 4) is 5.75 Å². The van der Waals surface area contributed by atoms with Crippen LogP contribution in [0.4, 0.5) is 0 Å². The van der Waals surface area contributed by atoms with Crippen molar-refractivity contribution in [1.29, 1.82) is 0 Å². The molecule has 3 rings (SSSR count). The molecule has 0 amide bonds. The maximum absolute atomic E-state index is 6.53. The Kier molecular flexibility index (Phi) is 3.88. The van der Waals surface area contributed by atoms with Gasteiger partial charge in [0.2, 0.25) is 0 Å². The second-order valence-electron chi connectivity index (χ2n) is 4.48. The lowest BCUT2D eigenvalue weighted by Crippen LogP contribution is -1.90. The van der Waals surface area contributed by atoms with E-state index in [1.165, 1.54) is 11.3 Å². The molecule has 1 unspecified atom stereocenters. The van der Waals surface area contributed by atoms with E-state index in [4.69, 9.17) is 27.9 Å². The van der Waals surface area contributed by atoms with Gasteiger partial charge in [0.1, 0.15) is 5.75 Å². The van der Waals surface area contributed by atoms with Gasteiger partial charge in [0.15, 0.2) is 0 Å². The molecule has 1 aromatic heterocycles. The Balaban J connectivity index is 2.00. The number of thiophene rings is 1. The van der Waals surface area contributed by atoms with Crippen LogP contribution in [-0.2, 0) is 0 Å². The first-order chi connectivity index (χ1) is 9.67. The van der Waals surface area contributed by atoms with Crippen molar-refractivity contribution >= 4 is 45.3 Å². The van der Waals surface area contributed by atoms with Gasteiger partial charge in [0.05, 0.1) is 16.8 Å². The van der Waals surface area contributed by atoms with Crippen molar-refractivity contribution in [2.75, 3.05) is 7.11 Å². The van der Waals surface area contributed by atoms with Crippen molar-refractivity contribution < 1.29 is 4.74 Å². The molecule has 102 valence electrons. The largest absolute Gasteiger partial charge is 0.497 e. The molecule has 3 aromatic rings. The number of fused-ring (bicyclic) bond motifs is 1. The molecule has 0 radical (unpaired) electrons. The highest BCUT2D eigenvalue weighted by molar-refractivity contribution is 7.16. The summed E-state index contributed by atoms with van der Waals surface area (Å²) >= 11 is 14.0. The predicted molar refractivity (Wildman–Crippen MR) is 87.5 cm³/mol. The molecule has 20 heavy (non-hydrogen) atoms. The van der Waals surface area contributed by atoms with Gasteiger partial charge in [0, 0.05) is 4.88 Å². The number of hydrogen-bond acceptors (Lipinski definition) is 2. The lowest BCUT2D eigenvalue weighted by atomic mass is 10.0. The highest BCUT2D eigenvalue weighted by Gasteiger charge is 2.13. The molecule has 1 atom stereocenters. The Morgan fingerprint density at radius 3 is 2.45 bits per heavy atom. The fraction of sp³-hybridized carbons (Fsp3) is 0.125. The molecule has 1 nitrogen and oxygen atoms in total. The van der Waals surface area contributed by atoms with Crippen molar-refractivity contribution in [2.24, 2.45) is 0 Å². The van der Waals surface area contributed by atoms with E-state index in [2.05, 4.69) is 12.1 Å². The van der Waals surface area contributed by atoms with E-state index in [0.717, 1.165) is 31.3 Å². The molecule has 0 spiro atoms. The number of alkyl halides is 1. The molecule has 0 saturated heterocycles. The van der Waals surface area contributed by atoms with Gasteiger partial charge in [-0.15, -0.1) is 22.9 Å². The lowest BCUT2D eigenvalue weighted by molar-refractivity contribution is 0.415. The molecule has 1 heterocycles. The molecule has 0 aliphatic carbocycles. The summed E-state index contributed by atoms with van der Waals surface area (Å²) in [7, 11) is 1.67. The number of halogens is 2. The summed E-state index contributed by atoms with van der Waals surface area (Å²) in [6.07, 6.45) is 0. The van der Waals surface area contributed by atoms with Gasteiger partial charge in [-0.25, -0.2) is 0 Å². The molecule has 2 aromatic carbocycles. The fourth-order valence-corrected chi connectivity index (χ4v) is 3.56. The summed E-state index contributed by atoms with van der Waals surface area (Å²) < 4.78 is 5.99. The van der Waals surface area contributed by atoms with Crippen LogP contribution in [0.1, 0.15) is 15.8 Å². The van der Waals surface area contributed by atoms with Gasteiger partial charge >= 0.3 is 0 Å². The van der Waals surface area contributed by atoms with Crippen LogP contribution < -0.4 is 4.74 Å². The number of ether oxygens (including phenoxy) is 1. The summed E-state index contributed by atoms with van der Waals surface area (Å²) in [6.45, 7) is 0. The number of methoxy groups -OCH3 is 1. The Labute approximate surface area is 131 Å². The smallest absolute Gasteiger partial charge is 0.119 e. The van der Waals surface area contributed by atoms with Crippen LogP contribution in [0.3, 0.4) is 0 Å². The molecular weight excluding hydrogens is 311 g/mol.